The van der Waals surface area contributed by atoms with Gasteiger partial charge < -0.3 is 4.57 Å². The zero-order valence-electron chi connectivity index (χ0n) is 16.0. The zero-order chi connectivity index (χ0) is 22.0. The molecule has 0 amide bonds. The van der Waals surface area contributed by atoms with Crippen LogP contribution in [-0.2, 0) is 0 Å². The summed E-state index contributed by atoms with van der Waals surface area (Å²) in [7, 11) is 0. The van der Waals surface area contributed by atoms with Gasteiger partial charge in [-0.25, -0.2) is 4.39 Å². The number of carbonyl (C=O) groups is 1. The summed E-state index contributed by atoms with van der Waals surface area (Å²) in [6, 6.07) is 13.2. The van der Waals surface area contributed by atoms with Gasteiger partial charge in [0, 0.05) is 34.8 Å². The molecule has 3 rings (SSSR count). The van der Waals surface area contributed by atoms with E-state index in [1.165, 1.54) is 36.4 Å². The van der Waals surface area contributed by atoms with E-state index in [9.17, 15) is 24.6 Å². The van der Waals surface area contributed by atoms with E-state index in [2.05, 4.69) is 0 Å². The molecule has 6 nitrogen and oxygen atoms in total. The molecule has 0 aliphatic rings. The molecule has 3 aromatic rings. The second-order valence-corrected chi connectivity index (χ2v) is 6.97. The molecule has 8 heteroatoms. The number of halogens is 2. The normalized spacial score (nSPS) is 11.2. The maximum atomic E-state index is 13.5. The molecule has 0 saturated heterocycles. The van der Waals surface area contributed by atoms with Crippen LogP contribution in [0.1, 0.15) is 27.3 Å². The molecule has 150 valence electrons. The molecule has 0 spiro atoms. The SMILES string of the molecule is Cc1cc(/C=C(\C#N)C(=O)c2cccc([N+](=O)[O-])c2)c(C)n1-c1ccc(F)c(Cl)c1. The predicted molar refractivity (Wildman–Crippen MR) is 111 cm³/mol. The first kappa shape index (κ1) is 21.0. The number of nitro groups is 1. The van der Waals surface area contributed by atoms with E-state index in [0.717, 1.165) is 17.5 Å². The molecule has 0 aliphatic carbocycles. The molecule has 0 bridgehead atoms. The average molecular weight is 424 g/mol. The molecule has 0 saturated carbocycles. The number of benzene rings is 2. The van der Waals surface area contributed by atoms with Crippen LogP contribution >= 0.6 is 11.6 Å². The van der Waals surface area contributed by atoms with Gasteiger partial charge in [-0.05, 0) is 49.8 Å². The summed E-state index contributed by atoms with van der Waals surface area (Å²) in [6.45, 7) is 3.62. The van der Waals surface area contributed by atoms with Gasteiger partial charge >= 0.3 is 0 Å². The first-order chi connectivity index (χ1) is 14.2. The highest BCUT2D eigenvalue weighted by Gasteiger charge is 2.18. The average Bonchev–Trinajstić information content (AvgIpc) is 3.00. The molecule has 30 heavy (non-hydrogen) atoms. The predicted octanol–water partition coefficient (Wildman–Crippen LogP) is 5.58. The van der Waals surface area contributed by atoms with Crippen molar-refractivity contribution in [2.45, 2.75) is 13.8 Å². The quantitative estimate of drug-likeness (QED) is 0.176. The third-order valence-corrected chi connectivity index (χ3v) is 4.91. The number of hydrogen-bond acceptors (Lipinski definition) is 4. The minimum Gasteiger partial charge on any atom is -0.318 e. The van der Waals surface area contributed by atoms with Gasteiger partial charge in [-0.15, -0.1) is 0 Å². The van der Waals surface area contributed by atoms with Crippen molar-refractivity contribution in [3.05, 3.63) is 97.6 Å². The van der Waals surface area contributed by atoms with E-state index in [1.54, 1.807) is 19.1 Å². The van der Waals surface area contributed by atoms with Crippen molar-refractivity contribution in [1.29, 1.82) is 5.26 Å². The maximum absolute atomic E-state index is 13.5. The van der Waals surface area contributed by atoms with Crippen molar-refractivity contribution in [2.75, 3.05) is 0 Å². The number of allylic oxidation sites excluding steroid dienone is 1. The topological polar surface area (TPSA) is 88.9 Å². The Balaban J connectivity index is 2.04. The van der Waals surface area contributed by atoms with E-state index in [1.807, 2.05) is 17.6 Å². The number of hydrogen-bond donors (Lipinski definition) is 0. The molecule has 0 aliphatic heterocycles. The lowest BCUT2D eigenvalue weighted by atomic mass is 10.0. The van der Waals surface area contributed by atoms with E-state index in [4.69, 9.17) is 11.6 Å². The smallest absolute Gasteiger partial charge is 0.270 e. The molecule has 0 N–H and O–H groups in total. The van der Waals surface area contributed by atoms with Crippen LogP contribution in [0.5, 0.6) is 0 Å². The molecule has 2 aromatic carbocycles. The fourth-order valence-corrected chi connectivity index (χ4v) is 3.35. The van der Waals surface area contributed by atoms with Crippen molar-refractivity contribution in [1.82, 2.24) is 4.57 Å². The standard InChI is InChI=1S/C22H15ClFN3O3/c1-13-8-16(14(2)26(13)18-6-7-21(24)20(23)11-18)9-17(12-25)22(28)15-4-3-5-19(10-15)27(29)30/h3-11H,1-2H3/b17-9+. The number of nitro benzene ring substituents is 1. The van der Waals surface area contributed by atoms with Gasteiger partial charge in [0.1, 0.15) is 17.5 Å². The van der Waals surface area contributed by atoms with E-state index in [0.29, 0.717) is 11.3 Å². The van der Waals surface area contributed by atoms with Gasteiger partial charge in [-0.1, -0.05) is 23.7 Å². The van der Waals surface area contributed by atoms with Gasteiger partial charge in [-0.3, -0.25) is 14.9 Å². The number of ketones is 1. The third kappa shape index (κ3) is 4.00. The van der Waals surface area contributed by atoms with Gasteiger partial charge in [0.15, 0.2) is 0 Å². The molecular formula is C22H15ClFN3O3. The summed E-state index contributed by atoms with van der Waals surface area (Å²) in [5.41, 5.74) is 2.42. The highest BCUT2D eigenvalue weighted by atomic mass is 35.5. The fraction of sp³-hybridized carbons (Fsp3) is 0.0909. The third-order valence-electron chi connectivity index (χ3n) is 4.62. The Kier molecular flexibility index (Phi) is 5.81. The van der Waals surface area contributed by atoms with Gasteiger partial charge in [0.2, 0.25) is 5.78 Å². The van der Waals surface area contributed by atoms with Crippen molar-refractivity contribution in [3.63, 3.8) is 0 Å². The molecule has 0 unspecified atom stereocenters. The Bertz CT molecular complexity index is 1250. The highest BCUT2D eigenvalue weighted by molar-refractivity contribution is 6.30. The second kappa shape index (κ2) is 8.31. The fourth-order valence-electron chi connectivity index (χ4n) is 3.18. The van der Waals surface area contributed by atoms with E-state index >= 15 is 0 Å². The number of nitriles is 1. The summed E-state index contributed by atoms with van der Waals surface area (Å²) >= 11 is 5.89. The van der Waals surface area contributed by atoms with Crippen molar-refractivity contribution in [2.24, 2.45) is 0 Å². The number of carbonyl (C=O) groups excluding carboxylic acids is 1. The summed E-state index contributed by atoms with van der Waals surface area (Å²) in [5, 5.41) is 20.4. The summed E-state index contributed by atoms with van der Waals surface area (Å²) in [4.78, 5) is 23.1. The lowest BCUT2D eigenvalue weighted by Gasteiger charge is -2.10. The Hall–Kier alpha value is -3.76. The summed E-state index contributed by atoms with van der Waals surface area (Å²) < 4.78 is 15.3. The van der Waals surface area contributed by atoms with Gasteiger partial charge in [0.05, 0.1) is 9.95 Å². The molecule has 0 atom stereocenters. The highest BCUT2D eigenvalue weighted by Crippen LogP contribution is 2.26. The Labute approximate surface area is 176 Å². The molecule has 0 radical (unpaired) electrons. The lowest BCUT2D eigenvalue weighted by Crippen LogP contribution is -2.03. The second-order valence-electron chi connectivity index (χ2n) is 6.57. The Morgan fingerprint density at radius 3 is 2.60 bits per heavy atom. The van der Waals surface area contributed by atoms with Crippen LogP contribution in [0.2, 0.25) is 5.02 Å². The molecule has 0 fully saturated rings. The number of rotatable bonds is 5. The van der Waals surface area contributed by atoms with Crippen LogP contribution < -0.4 is 0 Å². The van der Waals surface area contributed by atoms with Gasteiger partial charge in [-0.2, -0.15) is 5.26 Å². The number of aromatic nitrogens is 1. The maximum Gasteiger partial charge on any atom is 0.270 e. The van der Waals surface area contributed by atoms with Gasteiger partial charge in [0.25, 0.3) is 5.69 Å². The number of non-ortho nitro benzene ring substituents is 1. The minimum atomic E-state index is -0.615. The van der Waals surface area contributed by atoms with Crippen LogP contribution in [0.3, 0.4) is 0 Å². The number of Topliss-reactive ketones (excluding diaryl/α,β-unsaturated/α-hetero) is 1. The molecule has 1 heterocycles. The number of nitrogens with zero attached hydrogens (tertiary/aromatic N) is 3. The molecular weight excluding hydrogens is 409 g/mol. The Morgan fingerprint density at radius 1 is 1.23 bits per heavy atom. The van der Waals surface area contributed by atoms with Crippen LogP contribution in [0.4, 0.5) is 10.1 Å². The number of aryl methyl sites for hydroxylation is 1. The van der Waals surface area contributed by atoms with E-state index in [-0.39, 0.29) is 21.8 Å². The zero-order valence-corrected chi connectivity index (χ0v) is 16.8. The van der Waals surface area contributed by atoms with Crippen molar-refractivity contribution < 1.29 is 14.1 Å². The largest absolute Gasteiger partial charge is 0.318 e. The van der Waals surface area contributed by atoms with Crippen LogP contribution in [-0.4, -0.2) is 15.3 Å². The monoisotopic (exact) mass is 423 g/mol. The van der Waals surface area contributed by atoms with Crippen LogP contribution in [0.25, 0.3) is 11.8 Å². The summed E-state index contributed by atoms with van der Waals surface area (Å²) in [5.74, 6) is -1.15. The molecule has 1 aromatic heterocycles. The van der Waals surface area contributed by atoms with Crippen molar-refractivity contribution in [3.8, 4) is 11.8 Å². The van der Waals surface area contributed by atoms with E-state index < -0.39 is 16.5 Å². The first-order valence-corrected chi connectivity index (χ1v) is 9.16. The summed E-state index contributed by atoms with van der Waals surface area (Å²) in [6.07, 6.45) is 1.44. The first-order valence-electron chi connectivity index (χ1n) is 8.78. The minimum absolute atomic E-state index is 0.0179. The lowest BCUT2D eigenvalue weighted by molar-refractivity contribution is -0.384. The van der Waals surface area contributed by atoms with Crippen LogP contribution in [0, 0.1) is 41.1 Å². The van der Waals surface area contributed by atoms with Crippen LogP contribution in [0.15, 0.2) is 54.1 Å². The van der Waals surface area contributed by atoms with Crippen molar-refractivity contribution >= 4 is 29.1 Å². The Morgan fingerprint density at radius 2 is 1.97 bits per heavy atom.